The second-order valence-corrected chi connectivity index (χ2v) is 6.52. The minimum Gasteiger partial charge on any atom is -0.353 e. The van der Waals surface area contributed by atoms with Gasteiger partial charge in [0.05, 0.1) is 5.75 Å². The zero-order valence-electron chi connectivity index (χ0n) is 11.5. The number of carbonyl (C=O) groups excluding carboxylic acids is 1. The van der Waals surface area contributed by atoms with Gasteiger partial charge in [-0.2, -0.15) is 4.31 Å². The first-order valence-electron chi connectivity index (χ1n) is 6.44. The van der Waals surface area contributed by atoms with Crippen molar-refractivity contribution in [2.45, 2.75) is 32.2 Å². The van der Waals surface area contributed by atoms with Gasteiger partial charge in [0.15, 0.2) is 0 Å². The molecule has 19 heavy (non-hydrogen) atoms. The summed E-state index contributed by atoms with van der Waals surface area (Å²) in [5, 5.41) is 5.69. The Bertz CT molecular complexity index is 375. The molecule has 1 saturated heterocycles. The van der Waals surface area contributed by atoms with Crippen LogP contribution in [0.4, 0.5) is 0 Å². The first kappa shape index (κ1) is 18.6. The Morgan fingerprint density at radius 2 is 2.05 bits per heavy atom. The number of carbonyl (C=O) groups is 1. The van der Waals surface area contributed by atoms with Gasteiger partial charge >= 0.3 is 0 Å². The normalized spacial score (nSPS) is 20.0. The van der Waals surface area contributed by atoms with Crippen molar-refractivity contribution in [1.82, 2.24) is 14.9 Å². The summed E-state index contributed by atoms with van der Waals surface area (Å²) in [6, 6.07) is -0.515. The average Bonchev–Trinajstić information content (AvgIpc) is 2.78. The molecular weight excluding hydrogens is 290 g/mol. The standard InChI is InChI=1S/C11H23N3O3S.ClH/c1-3-9-18(16,17)14-8-4-5-10(14)11(15)13-7-6-12-2;/h10,12H,3-9H2,1-2H3,(H,13,15);1H. The lowest BCUT2D eigenvalue weighted by molar-refractivity contribution is -0.124. The van der Waals surface area contributed by atoms with Crippen molar-refractivity contribution in [3.05, 3.63) is 0 Å². The summed E-state index contributed by atoms with van der Waals surface area (Å²) in [6.07, 6.45) is 1.95. The molecule has 0 aromatic carbocycles. The number of nitrogens with zero attached hydrogens (tertiary/aromatic N) is 1. The Kier molecular flexibility index (Phi) is 8.56. The van der Waals surface area contributed by atoms with Crippen molar-refractivity contribution in [1.29, 1.82) is 0 Å². The number of hydrogen-bond acceptors (Lipinski definition) is 4. The lowest BCUT2D eigenvalue weighted by Gasteiger charge is -2.23. The molecule has 114 valence electrons. The summed E-state index contributed by atoms with van der Waals surface area (Å²) >= 11 is 0. The summed E-state index contributed by atoms with van der Waals surface area (Å²) in [4.78, 5) is 11.9. The summed E-state index contributed by atoms with van der Waals surface area (Å²) < 4.78 is 25.4. The van der Waals surface area contributed by atoms with Crippen LogP contribution < -0.4 is 10.6 Å². The molecule has 0 saturated carbocycles. The van der Waals surface area contributed by atoms with Crippen molar-refractivity contribution in [3.8, 4) is 0 Å². The third-order valence-corrected chi connectivity index (χ3v) is 5.08. The third-order valence-electron chi connectivity index (χ3n) is 3.00. The van der Waals surface area contributed by atoms with Gasteiger partial charge in [0.2, 0.25) is 15.9 Å². The van der Waals surface area contributed by atoms with E-state index in [1.54, 1.807) is 7.05 Å². The molecular formula is C11H24ClN3O3S. The highest BCUT2D eigenvalue weighted by molar-refractivity contribution is 7.89. The number of likely N-dealkylation sites (N-methyl/N-ethyl adjacent to an activating group) is 1. The fourth-order valence-corrected chi connectivity index (χ4v) is 3.89. The summed E-state index contributed by atoms with van der Waals surface area (Å²) in [7, 11) is -1.47. The van der Waals surface area contributed by atoms with Gasteiger partial charge in [-0.15, -0.1) is 12.4 Å². The molecule has 0 aromatic heterocycles. The summed E-state index contributed by atoms with van der Waals surface area (Å²) in [5.74, 6) is -0.0600. The molecule has 8 heteroatoms. The number of halogens is 1. The van der Waals surface area contributed by atoms with Gasteiger partial charge in [-0.3, -0.25) is 4.79 Å². The fraction of sp³-hybridized carbons (Fsp3) is 0.909. The van der Waals surface area contributed by atoms with Gasteiger partial charge in [-0.05, 0) is 26.3 Å². The maximum atomic E-state index is 12.0. The van der Waals surface area contributed by atoms with E-state index in [1.165, 1.54) is 4.31 Å². The smallest absolute Gasteiger partial charge is 0.238 e. The zero-order chi connectivity index (χ0) is 13.6. The molecule has 0 radical (unpaired) electrons. The molecule has 1 fully saturated rings. The minimum absolute atomic E-state index is 0. The highest BCUT2D eigenvalue weighted by Crippen LogP contribution is 2.21. The van der Waals surface area contributed by atoms with Crippen LogP contribution in [0.2, 0.25) is 0 Å². The van der Waals surface area contributed by atoms with E-state index in [0.717, 1.165) is 6.42 Å². The van der Waals surface area contributed by atoms with E-state index in [4.69, 9.17) is 0 Å². The quantitative estimate of drug-likeness (QED) is 0.646. The third kappa shape index (κ3) is 5.25. The molecule has 1 atom stereocenters. The van der Waals surface area contributed by atoms with Crippen LogP contribution in [0.3, 0.4) is 0 Å². The molecule has 1 heterocycles. The summed E-state index contributed by atoms with van der Waals surface area (Å²) in [5.41, 5.74) is 0. The molecule has 1 amide bonds. The van der Waals surface area contributed by atoms with Crippen LogP contribution in [0.25, 0.3) is 0 Å². The van der Waals surface area contributed by atoms with Crippen LogP contribution in [0, 0.1) is 0 Å². The predicted octanol–water partition coefficient (Wildman–Crippen LogP) is -0.0520. The van der Waals surface area contributed by atoms with Gasteiger partial charge in [0, 0.05) is 19.6 Å². The van der Waals surface area contributed by atoms with Crippen molar-refractivity contribution in [2.24, 2.45) is 0 Å². The van der Waals surface area contributed by atoms with Crippen LogP contribution in [-0.4, -0.2) is 57.1 Å². The molecule has 1 unspecified atom stereocenters. The number of sulfonamides is 1. The lowest BCUT2D eigenvalue weighted by atomic mass is 10.2. The molecule has 0 spiro atoms. The molecule has 6 nitrogen and oxygen atoms in total. The van der Waals surface area contributed by atoms with Crippen LogP contribution >= 0.6 is 12.4 Å². The lowest BCUT2D eigenvalue weighted by Crippen LogP contribution is -2.47. The average molecular weight is 314 g/mol. The van der Waals surface area contributed by atoms with E-state index < -0.39 is 16.1 Å². The van der Waals surface area contributed by atoms with E-state index >= 15 is 0 Å². The van der Waals surface area contributed by atoms with Crippen LogP contribution in [0.15, 0.2) is 0 Å². The topological polar surface area (TPSA) is 78.5 Å². The predicted molar refractivity (Wildman–Crippen MR) is 78.0 cm³/mol. The molecule has 1 rings (SSSR count). The Labute approximate surface area is 121 Å². The Balaban J connectivity index is 0.00000324. The number of hydrogen-bond donors (Lipinski definition) is 2. The van der Waals surface area contributed by atoms with E-state index in [1.807, 2.05) is 6.92 Å². The van der Waals surface area contributed by atoms with Gasteiger partial charge in [-0.25, -0.2) is 8.42 Å². The highest BCUT2D eigenvalue weighted by Gasteiger charge is 2.37. The van der Waals surface area contributed by atoms with E-state index in [9.17, 15) is 13.2 Å². The van der Waals surface area contributed by atoms with Crippen molar-refractivity contribution < 1.29 is 13.2 Å². The van der Waals surface area contributed by atoms with E-state index in [-0.39, 0.29) is 24.1 Å². The number of amides is 1. The molecule has 2 N–H and O–H groups in total. The molecule has 1 aliphatic rings. The van der Waals surface area contributed by atoms with Crippen LogP contribution in [0.5, 0.6) is 0 Å². The second kappa shape index (κ2) is 8.73. The van der Waals surface area contributed by atoms with Gasteiger partial charge in [0.1, 0.15) is 6.04 Å². The van der Waals surface area contributed by atoms with Crippen molar-refractivity contribution in [2.75, 3.05) is 32.4 Å². The van der Waals surface area contributed by atoms with Crippen molar-refractivity contribution in [3.63, 3.8) is 0 Å². The Morgan fingerprint density at radius 1 is 1.37 bits per heavy atom. The maximum absolute atomic E-state index is 12.0. The first-order valence-corrected chi connectivity index (χ1v) is 8.05. The van der Waals surface area contributed by atoms with Gasteiger partial charge < -0.3 is 10.6 Å². The molecule has 0 bridgehead atoms. The SMILES string of the molecule is CCCS(=O)(=O)N1CCCC1C(=O)NCCNC.Cl. The molecule has 1 aliphatic heterocycles. The Hall–Kier alpha value is -0.370. The minimum atomic E-state index is -3.28. The van der Waals surface area contributed by atoms with E-state index in [2.05, 4.69) is 10.6 Å². The largest absolute Gasteiger partial charge is 0.353 e. The molecule has 0 aliphatic carbocycles. The molecule has 0 aromatic rings. The number of nitrogens with one attached hydrogen (secondary N) is 2. The zero-order valence-corrected chi connectivity index (χ0v) is 13.1. The van der Waals surface area contributed by atoms with Crippen LogP contribution in [-0.2, 0) is 14.8 Å². The Morgan fingerprint density at radius 3 is 2.63 bits per heavy atom. The van der Waals surface area contributed by atoms with E-state index in [0.29, 0.717) is 32.5 Å². The highest BCUT2D eigenvalue weighted by atomic mass is 35.5. The van der Waals surface area contributed by atoms with Crippen molar-refractivity contribution >= 4 is 28.3 Å². The monoisotopic (exact) mass is 313 g/mol. The number of rotatable bonds is 7. The fourth-order valence-electron chi connectivity index (χ4n) is 2.14. The maximum Gasteiger partial charge on any atom is 0.238 e. The summed E-state index contributed by atoms with van der Waals surface area (Å²) in [6.45, 7) is 3.50. The van der Waals surface area contributed by atoms with Gasteiger partial charge in [-0.1, -0.05) is 6.92 Å². The second-order valence-electron chi connectivity index (χ2n) is 4.48. The van der Waals surface area contributed by atoms with Crippen LogP contribution in [0.1, 0.15) is 26.2 Å². The van der Waals surface area contributed by atoms with Gasteiger partial charge in [0.25, 0.3) is 0 Å². The first-order chi connectivity index (χ1) is 8.53.